The van der Waals surface area contributed by atoms with Crippen molar-refractivity contribution >= 4 is 24.8 Å². The van der Waals surface area contributed by atoms with Crippen LogP contribution in [0.1, 0.15) is 43.4 Å². The zero-order valence-corrected chi connectivity index (χ0v) is 16.4. The van der Waals surface area contributed by atoms with Crippen molar-refractivity contribution in [1.29, 1.82) is 0 Å². The highest BCUT2D eigenvalue weighted by Crippen LogP contribution is 2.25. The summed E-state index contributed by atoms with van der Waals surface area (Å²) in [5.74, 6) is 0.930. The smallest absolute Gasteiger partial charge is 0.0473 e. The fraction of sp³-hybridized carbons (Fsp3) is 0.684. The van der Waals surface area contributed by atoms with Gasteiger partial charge in [-0.1, -0.05) is 31.2 Å². The topological polar surface area (TPSA) is 27.3 Å². The van der Waals surface area contributed by atoms with Gasteiger partial charge in [0.1, 0.15) is 0 Å². The molecule has 0 saturated carbocycles. The summed E-state index contributed by atoms with van der Waals surface area (Å²) < 4.78 is 0. The molecule has 5 heteroatoms. The van der Waals surface area contributed by atoms with Gasteiger partial charge in [-0.3, -0.25) is 4.90 Å². The number of rotatable bonds is 5. The lowest BCUT2D eigenvalue weighted by Gasteiger charge is -2.37. The second kappa shape index (κ2) is 11.3. The fourth-order valence-electron chi connectivity index (χ4n) is 3.84. The normalized spacial score (nSPS) is 22.5. The Labute approximate surface area is 159 Å². The molecule has 1 unspecified atom stereocenters. The average molecular weight is 374 g/mol. The van der Waals surface area contributed by atoms with Crippen LogP contribution in [-0.4, -0.2) is 44.2 Å². The molecule has 24 heavy (non-hydrogen) atoms. The molecule has 1 atom stereocenters. The van der Waals surface area contributed by atoms with E-state index in [2.05, 4.69) is 46.7 Å². The third-order valence-corrected chi connectivity index (χ3v) is 5.41. The van der Waals surface area contributed by atoms with E-state index in [9.17, 15) is 0 Å². The van der Waals surface area contributed by atoms with Gasteiger partial charge in [0.05, 0.1) is 0 Å². The molecule has 0 aliphatic carbocycles. The maximum atomic E-state index is 3.58. The molecule has 2 fully saturated rings. The van der Waals surface area contributed by atoms with Crippen LogP contribution in [0.25, 0.3) is 0 Å². The second-order valence-electron chi connectivity index (χ2n) is 6.83. The largest absolute Gasteiger partial charge is 0.317 e. The molecule has 138 valence electrons. The lowest BCUT2D eigenvalue weighted by atomic mass is 9.93. The van der Waals surface area contributed by atoms with Crippen LogP contribution < -0.4 is 10.6 Å². The number of nitrogens with zero attached hydrogens (tertiary/aromatic N) is 1. The predicted molar refractivity (Wildman–Crippen MR) is 108 cm³/mol. The summed E-state index contributed by atoms with van der Waals surface area (Å²) in [4.78, 5) is 2.71. The van der Waals surface area contributed by atoms with E-state index in [0.717, 1.165) is 25.4 Å². The lowest BCUT2D eigenvalue weighted by molar-refractivity contribution is 0.146. The van der Waals surface area contributed by atoms with Crippen molar-refractivity contribution in [2.75, 3.05) is 39.3 Å². The number of piperidine rings is 1. The van der Waals surface area contributed by atoms with E-state index in [-0.39, 0.29) is 24.8 Å². The zero-order valence-electron chi connectivity index (χ0n) is 14.8. The third kappa shape index (κ3) is 5.89. The first-order chi connectivity index (χ1) is 10.9. The fourth-order valence-corrected chi connectivity index (χ4v) is 3.84. The van der Waals surface area contributed by atoms with Crippen molar-refractivity contribution in [3.05, 3.63) is 35.4 Å². The molecular formula is C19H33Cl2N3. The van der Waals surface area contributed by atoms with Gasteiger partial charge in [0.15, 0.2) is 0 Å². The molecule has 0 spiro atoms. The van der Waals surface area contributed by atoms with Gasteiger partial charge < -0.3 is 10.6 Å². The molecule has 2 N–H and O–H groups in total. The number of nitrogens with one attached hydrogen (secondary N) is 2. The van der Waals surface area contributed by atoms with Crippen molar-refractivity contribution in [2.45, 2.75) is 38.6 Å². The van der Waals surface area contributed by atoms with Crippen molar-refractivity contribution in [1.82, 2.24) is 15.5 Å². The number of hydrogen-bond donors (Lipinski definition) is 2. The average Bonchev–Trinajstić information content (AvgIpc) is 2.61. The van der Waals surface area contributed by atoms with Crippen LogP contribution in [-0.2, 0) is 6.42 Å². The first-order valence-electron chi connectivity index (χ1n) is 9.11. The number of benzene rings is 1. The number of piperazine rings is 1. The van der Waals surface area contributed by atoms with Gasteiger partial charge in [-0.25, -0.2) is 0 Å². The van der Waals surface area contributed by atoms with Crippen LogP contribution in [0.4, 0.5) is 0 Å². The minimum atomic E-state index is 0. The minimum absolute atomic E-state index is 0. The molecule has 3 rings (SSSR count). The van der Waals surface area contributed by atoms with Gasteiger partial charge in [-0.2, -0.15) is 0 Å². The van der Waals surface area contributed by atoms with Gasteiger partial charge >= 0.3 is 0 Å². The molecule has 2 aliphatic rings. The molecule has 1 aromatic carbocycles. The quantitative estimate of drug-likeness (QED) is 0.827. The Morgan fingerprint density at radius 1 is 1.00 bits per heavy atom. The van der Waals surface area contributed by atoms with E-state index in [0.29, 0.717) is 6.04 Å². The highest BCUT2D eigenvalue weighted by Gasteiger charge is 2.24. The Morgan fingerprint density at radius 3 is 2.38 bits per heavy atom. The highest BCUT2D eigenvalue weighted by atomic mass is 35.5. The number of hydrogen-bond acceptors (Lipinski definition) is 3. The van der Waals surface area contributed by atoms with E-state index < -0.39 is 0 Å². The minimum Gasteiger partial charge on any atom is -0.317 e. The zero-order chi connectivity index (χ0) is 15.2. The van der Waals surface area contributed by atoms with E-state index in [1.165, 1.54) is 56.6 Å². The summed E-state index contributed by atoms with van der Waals surface area (Å²) >= 11 is 0. The van der Waals surface area contributed by atoms with Gasteiger partial charge in [-0.05, 0) is 62.4 Å². The summed E-state index contributed by atoms with van der Waals surface area (Å²) in [5.41, 5.74) is 2.92. The van der Waals surface area contributed by atoms with Crippen LogP contribution in [0, 0.1) is 5.92 Å². The van der Waals surface area contributed by atoms with Crippen molar-refractivity contribution in [2.24, 2.45) is 5.92 Å². The van der Waals surface area contributed by atoms with Crippen LogP contribution >= 0.6 is 24.8 Å². The van der Waals surface area contributed by atoms with Gasteiger partial charge in [-0.15, -0.1) is 24.8 Å². The molecular weight excluding hydrogens is 341 g/mol. The van der Waals surface area contributed by atoms with Crippen molar-refractivity contribution in [3.63, 3.8) is 0 Å². The monoisotopic (exact) mass is 373 g/mol. The predicted octanol–water partition coefficient (Wildman–Crippen LogP) is 3.43. The van der Waals surface area contributed by atoms with E-state index in [1.54, 1.807) is 0 Å². The van der Waals surface area contributed by atoms with Crippen LogP contribution in [0.3, 0.4) is 0 Å². The Kier molecular flexibility index (Phi) is 10.3. The summed E-state index contributed by atoms with van der Waals surface area (Å²) in [6.07, 6.45) is 5.22. The highest BCUT2D eigenvalue weighted by molar-refractivity contribution is 5.85. The van der Waals surface area contributed by atoms with E-state index >= 15 is 0 Å². The second-order valence-corrected chi connectivity index (χ2v) is 6.83. The molecule has 0 amide bonds. The van der Waals surface area contributed by atoms with Gasteiger partial charge in [0, 0.05) is 25.7 Å². The number of aryl methyl sites for hydroxylation is 1. The summed E-state index contributed by atoms with van der Waals surface area (Å²) in [6, 6.07) is 9.84. The molecule has 0 bridgehead atoms. The van der Waals surface area contributed by atoms with Crippen molar-refractivity contribution in [3.8, 4) is 0 Å². The molecule has 2 aliphatic heterocycles. The van der Waals surface area contributed by atoms with E-state index in [1.807, 2.05) is 0 Å². The Balaban J connectivity index is 0.00000144. The molecule has 2 heterocycles. The first kappa shape index (κ1) is 21.7. The Hall–Kier alpha value is -0.320. The maximum Gasteiger partial charge on any atom is 0.0473 e. The maximum absolute atomic E-state index is 3.58. The van der Waals surface area contributed by atoms with Gasteiger partial charge in [0.25, 0.3) is 0 Å². The molecule has 0 radical (unpaired) electrons. The molecule has 2 saturated heterocycles. The van der Waals surface area contributed by atoms with Crippen LogP contribution in [0.5, 0.6) is 0 Å². The SMILES string of the molecule is CCc1ccc(C2CNCCN2CCC2CCNCC2)cc1.Cl.Cl. The Bertz CT molecular complexity index is 446. The van der Waals surface area contributed by atoms with Crippen molar-refractivity contribution < 1.29 is 0 Å². The Morgan fingerprint density at radius 2 is 1.71 bits per heavy atom. The third-order valence-electron chi connectivity index (χ3n) is 5.41. The van der Waals surface area contributed by atoms with Crippen LogP contribution in [0.15, 0.2) is 24.3 Å². The van der Waals surface area contributed by atoms with Crippen LogP contribution in [0.2, 0.25) is 0 Å². The summed E-state index contributed by atoms with van der Waals surface area (Å²) in [6.45, 7) is 9.33. The lowest BCUT2D eigenvalue weighted by Crippen LogP contribution is -2.46. The molecule has 0 aromatic heterocycles. The molecule has 1 aromatic rings. The van der Waals surface area contributed by atoms with Gasteiger partial charge in [0.2, 0.25) is 0 Å². The standard InChI is InChI=1S/C19H31N3.2ClH/c1-2-16-3-5-18(6-4-16)19-15-21-12-14-22(19)13-9-17-7-10-20-11-8-17;;/h3-6,17,19-21H,2,7-15H2,1H3;2*1H. The summed E-state index contributed by atoms with van der Waals surface area (Å²) in [7, 11) is 0. The number of halogens is 2. The van der Waals surface area contributed by atoms with E-state index in [4.69, 9.17) is 0 Å². The first-order valence-corrected chi connectivity index (χ1v) is 9.11. The molecule has 3 nitrogen and oxygen atoms in total. The summed E-state index contributed by atoms with van der Waals surface area (Å²) in [5, 5.41) is 7.05.